The van der Waals surface area contributed by atoms with Crippen molar-refractivity contribution in [2.75, 3.05) is 52.5 Å². The first-order valence-corrected chi connectivity index (χ1v) is 9.84. The number of fused-ring (bicyclic) bond motifs is 1. The van der Waals surface area contributed by atoms with Crippen LogP contribution in [0.4, 0.5) is 0 Å². The van der Waals surface area contributed by atoms with E-state index in [2.05, 4.69) is 43.2 Å². The molecule has 2 fully saturated rings. The number of hydrogen-bond donors (Lipinski definition) is 1. The lowest BCUT2D eigenvalue weighted by atomic mass is 10.2. The number of nitrogens with zero attached hydrogens (tertiary/aromatic N) is 2. The fourth-order valence-corrected chi connectivity index (χ4v) is 4.54. The SMILES string of the molecule is Brc1cc(CN2CCC(N3CCNCC3)C2)cc2c1OCCCO2. The number of likely N-dealkylation sites (tertiary alicyclic amines) is 1. The standard InChI is InChI=1S/C18H26BrN3O2/c19-16-10-14(11-17-18(16)24-9-1-8-23-17)12-21-5-2-15(13-21)22-6-3-20-4-7-22/h10-11,15,20H,1-9,12-13H2. The van der Waals surface area contributed by atoms with Crippen LogP contribution in [0.25, 0.3) is 0 Å². The van der Waals surface area contributed by atoms with Crippen molar-refractivity contribution in [3.63, 3.8) is 0 Å². The Morgan fingerprint density at radius 3 is 2.83 bits per heavy atom. The Balaban J connectivity index is 1.40. The minimum absolute atomic E-state index is 0.718. The summed E-state index contributed by atoms with van der Waals surface area (Å²) in [6.45, 7) is 9.44. The van der Waals surface area contributed by atoms with Crippen LogP contribution in [0.1, 0.15) is 18.4 Å². The van der Waals surface area contributed by atoms with Crippen LogP contribution in [0, 0.1) is 0 Å². The molecule has 0 spiro atoms. The summed E-state index contributed by atoms with van der Waals surface area (Å²) in [7, 11) is 0. The topological polar surface area (TPSA) is 37.0 Å². The summed E-state index contributed by atoms with van der Waals surface area (Å²) >= 11 is 3.65. The molecule has 1 N–H and O–H groups in total. The predicted octanol–water partition coefficient (Wildman–Crippen LogP) is 2.09. The van der Waals surface area contributed by atoms with Gasteiger partial charge in [-0.25, -0.2) is 0 Å². The molecular weight excluding hydrogens is 370 g/mol. The van der Waals surface area contributed by atoms with Crippen LogP contribution >= 0.6 is 15.9 Å². The number of piperazine rings is 1. The van der Waals surface area contributed by atoms with Gasteiger partial charge in [-0.15, -0.1) is 0 Å². The molecule has 1 atom stereocenters. The predicted molar refractivity (Wildman–Crippen MR) is 97.9 cm³/mol. The number of nitrogens with one attached hydrogen (secondary N) is 1. The molecule has 6 heteroatoms. The van der Waals surface area contributed by atoms with Crippen molar-refractivity contribution < 1.29 is 9.47 Å². The van der Waals surface area contributed by atoms with E-state index in [4.69, 9.17) is 9.47 Å². The van der Waals surface area contributed by atoms with Gasteiger partial charge in [0.2, 0.25) is 0 Å². The van der Waals surface area contributed by atoms with Crippen molar-refractivity contribution in [1.29, 1.82) is 0 Å². The summed E-state index contributed by atoms with van der Waals surface area (Å²) in [6, 6.07) is 5.06. The van der Waals surface area contributed by atoms with E-state index in [9.17, 15) is 0 Å². The van der Waals surface area contributed by atoms with Crippen LogP contribution in [-0.2, 0) is 6.54 Å². The van der Waals surface area contributed by atoms with E-state index < -0.39 is 0 Å². The molecule has 0 radical (unpaired) electrons. The van der Waals surface area contributed by atoms with Gasteiger partial charge in [0.15, 0.2) is 11.5 Å². The Bertz CT molecular complexity index is 578. The highest BCUT2D eigenvalue weighted by Gasteiger charge is 2.28. The number of halogens is 1. The van der Waals surface area contributed by atoms with Crippen LogP contribution in [-0.4, -0.2) is 68.3 Å². The average Bonchev–Trinajstić information content (AvgIpc) is 2.92. The second-order valence-corrected chi connectivity index (χ2v) is 7.77. The van der Waals surface area contributed by atoms with E-state index in [0.29, 0.717) is 0 Å². The van der Waals surface area contributed by atoms with E-state index in [0.717, 1.165) is 61.3 Å². The average molecular weight is 396 g/mol. The molecule has 0 amide bonds. The maximum atomic E-state index is 5.86. The smallest absolute Gasteiger partial charge is 0.175 e. The third kappa shape index (κ3) is 3.72. The van der Waals surface area contributed by atoms with Crippen LogP contribution in [0.2, 0.25) is 0 Å². The van der Waals surface area contributed by atoms with Gasteiger partial charge in [-0.1, -0.05) is 0 Å². The molecule has 3 heterocycles. The molecular formula is C18H26BrN3O2. The third-order valence-corrected chi connectivity index (χ3v) is 5.77. The fraction of sp³-hybridized carbons (Fsp3) is 0.667. The van der Waals surface area contributed by atoms with Gasteiger partial charge in [-0.3, -0.25) is 9.80 Å². The molecule has 0 saturated carbocycles. The normalized spacial score (nSPS) is 25.6. The number of hydrogen-bond acceptors (Lipinski definition) is 5. The Labute approximate surface area is 152 Å². The lowest BCUT2D eigenvalue weighted by Gasteiger charge is -2.32. The van der Waals surface area contributed by atoms with Crippen molar-refractivity contribution in [3.8, 4) is 11.5 Å². The minimum Gasteiger partial charge on any atom is -0.490 e. The van der Waals surface area contributed by atoms with Gasteiger partial charge >= 0.3 is 0 Å². The Kier molecular flexibility index (Phi) is 5.27. The number of rotatable bonds is 3. The van der Waals surface area contributed by atoms with Crippen LogP contribution in [0.5, 0.6) is 11.5 Å². The van der Waals surface area contributed by atoms with Crippen LogP contribution in [0.15, 0.2) is 16.6 Å². The molecule has 2 saturated heterocycles. The zero-order valence-corrected chi connectivity index (χ0v) is 15.7. The van der Waals surface area contributed by atoms with Gasteiger partial charge in [0.1, 0.15) is 0 Å². The van der Waals surface area contributed by atoms with E-state index in [-0.39, 0.29) is 0 Å². The fourth-order valence-electron chi connectivity index (χ4n) is 3.93. The maximum absolute atomic E-state index is 5.86. The molecule has 4 rings (SSSR count). The first kappa shape index (κ1) is 16.6. The molecule has 0 aromatic heterocycles. The lowest BCUT2D eigenvalue weighted by Crippen LogP contribution is -2.49. The maximum Gasteiger partial charge on any atom is 0.175 e. The van der Waals surface area contributed by atoms with Crippen LogP contribution in [0.3, 0.4) is 0 Å². The van der Waals surface area contributed by atoms with Gasteiger partial charge in [0, 0.05) is 58.3 Å². The van der Waals surface area contributed by atoms with Gasteiger partial charge in [0.25, 0.3) is 0 Å². The van der Waals surface area contributed by atoms with Gasteiger partial charge < -0.3 is 14.8 Å². The molecule has 0 bridgehead atoms. The highest BCUT2D eigenvalue weighted by Crippen LogP contribution is 2.38. The van der Waals surface area contributed by atoms with Gasteiger partial charge in [-0.05, 0) is 40.0 Å². The molecule has 24 heavy (non-hydrogen) atoms. The molecule has 3 aliphatic rings. The third-order valence-electron chi connectivity index (χ3n) is 5.18. The second kappa shape index (κ2) is 7.60. The molecule has 0 aliphatic carbocycles. The summed E-state index contributed by atoms with van der Waals surface area (Å²) in [4.78, 5) is 5.22. The van der Waals surface area contributed by atoms with Gasteiger partial charge in [-0.2, -0.15) is 0 Å². The number of benzene rings is 1. The summed E-state index contributed by atoms with van der Waals surface area (Å²) in [5.41, 5.74) is 1.30. The first-order valence-electron chi connectivity index (χ1n) is 9.05. The monoisotopic (exact) mass is 395 g/mol. The lowest BCUT2D eigenvalue weighted by molar-refractivity contribution is 0.170. The van der Waals surface area contributed by atoms with Crippen molar-refractivity contribution >= 4 is 15.9 Å². The molecule has 3 aliphatic heterocycles. The quantitative estimate of drug-likeness (QED) is 0.847. The van der Waals surface area contributed by atoms with E-state index >= 15 is 0 Å². The van der Waals surface area contributed by atoms with E-state index in [1.807, 2.05) is 0 Å². The van der Waals surface area contributed by atoms with Crippen LogP contribution < -0.4 is 14.8 Å². The summed E-state index contributed by atoms with van der Waals surface area (Å²) in [6.07, 6.45) is 2.22. The molecule has 1 unspecified atom stereocenters. The van der Waals surface area contributed by atoms with E-state index in [1.54, 1.807) is 0 Å². The Morgan fingerprint density at radius 1 is 1.12 bits per heavy atom. The summed E-state index contributed by atoms with van der Waals surface area (Å²) in [5, 5.41) is 3.44. The molecule has 5 nitrogen and oxygen atoms in total. The minimum atomic E-state index is 0.718. The molecule has 1 aromatic carbocycles. The molecule has 132 valence electrons. The highest BCUT2D eigenvalue weighted by molar-refractivity contribution is 9.10. The Hall–Kier alpha value is -0.820. The van der Waals surface area contributed by atoms with Gasteiger partial charge in [0.05, 0.1) is 17.7 Å². The zero-order valence-electron chi connectivity index (χ0n) is 14.1. The van der Waals surface area contributed by atoms with E-state index in [1.165, 1.54) is 38.2 Å². The first-order chi connectivity index (χ1) is 11.8. The van der Waals surface area contributed by atoms with Crippen molar-refractivity contribution in [2.24, 2.45) is 0 Å². The zero-order chi connectivity index (χ0) is 16.4. The second-order valence-electron chi connectivity index (χ2n) is 6.92. The Morgan fingerprint density at radius 2 is 1.96 bits per heavy atom. The van der Waals surface area contributed by atoms with Crippen molar-refractivity contribution in [1.82, 2.24) is 15.1 Å². The summed E-state index contributed by atoms with van der Waals surface area (Å²) < 4.78 is 12.7. The summed E-state index contributed by atoms with van der Waals surface area (Å²) in [5.74, 6) is 1.74. The largest absolute Gasteiger partial charge is 0.490 e. The molecule has 1 aromatic rings. The van der Waals surface area contributed by atoms with Crippen molar-refractivity contribution in [2.45, 2.75) is 25.4 Å². The number of ether oxygens (including phenoxy) is 2. The van der Waals surface area contributed by atoms with Crippen molar-refractivity contribution in [3.05, 3.63) is 22.2 Å². The highest BCUT2D eigenvalue weighted by atomic mass is 79.9.